The van der Waals surface area contributed by atoms with Gasteiger partial charge >= 0.3 is 0 Å². The Balaban J connectivity index is 3.31. The highest BCUT2D eigenvalue weighted by atomic mass is 79.9. The van der Waals surface area contributed by atoms with Crippen molar-refractivity contribution in [1.29, 1.82) is 0 Å². The molecule has 0 fully saturated rings. The smallest absolute Gasteiger partial charge is 0.115 e. The Labute approximate surface area is 124 Å². The summed E-state index contributed by atoms with van der Waals surface area (Å²) < 4.78 is 2.78. The molecule has 1 rings (SSSR count). The third-order valence-corrected chi connectivity index (χ3v) is 4.77. The summed E-state index contributed by atoms with van der Waals surface area (Å²) in [6.45, 7) is 8.39. The molecule has 0 aliphatic carbocycles. The molecular weight excluding hydrogens is 306 g/mol. The first-order valence-corrected chi connectivity index (χ1v) is 7.69. The van der Waals surface area contributed by atoms with Gasteiger partial charge in [-0.15, -0.1) is 0 Å². The van der Waals surface area contributed by atoms with E-state index in [2.05, 4.69) is 53.6 Å². The van der Waals surface area contributed by atoms with E-state index in [4.69, 9.17) is 0 Å². The second-order valence-electron chi connectivity index (χ2n) is 5.52. The average Bonchev–Trinajstić information content (AvgIpc) is 2.72. The molecule has 1 N–H and O–H groups in total. The zero-order valence-corrected chi connectivity index (χ0v) is 14.4. The Hall–Kier alpha value is -0.390. The summed E-state index contributed by atoms with van der Waals surface area (Å²) in [6.07, 6.45) is 2.96. The monoisotopic (exact) mass is 331 g/mol. The van der Waals surface area contributed by atoms with Crippen LogP contribution in [0.25, 0.3) is 0 Å². The van der Waals surface area contributed by atoms with Crippen molar-refractivity contribution in [3.8, 4) is 0 Å². The largest absolute Gasteiger partial charge is 0.385 e. The third kappa shape index (κ3) is 2.88. The van der Waals surface area contributed by atoms with Crippen molar-refractivity contribution in [1.82, 2.24) is 14.7 Å². The first kappa shape index (κ1) is 16.7. The molecular formula is C14H26BrN3O. The second kappa shape index (κ2) is 6.37. The first-order valence-electron chi connectivity index (χ1n) is 6.90. The summed E-state index contributed by atoms with van der Waals surface area (Å²) in [4.78, 5) is 2.13. The normalized spacial score (nSPS) is 14.4. The molecule has 0 aromatic carbocycles. The summed E-state index contributed by atoms with van der Waals surface area (Å²) in [5.74, 6) is 0. The van der Waals surface area contributed by atoms with Crippen molar-refractivity contribution in [3.63, 3.8) is 0 Å². The zero-order valence-electron chi connectivity index (χ0n) is 12.8. The highest BCUT2D eigenvalue weighted by molar-refractivity contribution is 9.10. The number of nitrogens with zero attached hydrogens (tertiary/aromatic N) is 3. The number of hydrogen-bond donors (Lipinski definition) is 1. The van der Waals surface area contributed by atoms with Gasteiger partial charge < -0.3 is 10.0 Å². The molecule has 0 aliphatic heterocycles. The van der Waals surface area contributed by atoms with E-state index in [0.29, 0.717) is 0 Å². The van der Waals surface area contributed by atoms with Gasteiger partial charge in [-0.3, -0.25) is 4.68 Å². The van der Waals surface area contributed by atoms with Crippen LogP contribution < -0.4 is 0 Å². The van der Waals surface area contributed by atoms with Crippen molar-refractivity contribution < 1.29 is 5.11 Å². The summed E-state index contributed by atoms with van der Waals surface area (Å²) in [5.41, 5.74) is 0.599. The van der Waals surface area contributed by atoms with Gasteiger partial charge in [0.1, 0.15) is 6.10 Å². The van der Waals surface area contributed by atoms with Gasteiger partial charge in [0.25, 0.3) is 0 Å². The minimum atomic E-state index is -0.572. The van der Waals surface area contributed by atoms with Gasteiger partial charge in [0.2, 0.25) is 0 Å². The molecule has 0 saturated carbocycles. The Morgan fingerprint density at radius 1 is 1.37 bits per heavy atom. The molecule has 1 aromatic heterocycles. The van der Waals surface area contributed by atoms with Gasteiger partial charge in [0.05, 0.1) is 21.9 Å². The van der Waals surface area contributed by atoms with Crippen LogP contribution >= 0.6 is 15.9 Å². The molecule has 5 heteroatoms. The van der Waals surface area contributed by atoms with Crippen molar-refractivity contribution in [3.05, 3.63) is 16.4 Å². The summed E-state index contributed by atoms with van der Waals surface area (Å²) in [6, 6.07) is 0.226. The van der Waals surface area contributed by atoms with Crippen LogP contribution in [0, 0.1) is 0 Å². The van der Waals surface area contributed by atoms with Gasteiger partial charge in [-0.2, -0.15) is 5.10 Å². The highest BCUT2D eigenvalue weighted by Crippen LogP contribution is 2.39. The fourth-order valence-corrected chi connectivity index (χ4v) is 3.28. The van der Waals surface area contributed by atoms with E-state index in [-0.39, 0.29) is 11.6 Å². The van der Waals surface area contributed by atoms with Crippen LogP contribution in [0.15, 0.2) is 10.7 Å². The lowest BCUT2D eigenvalue weighted by atomic mass is 9.83. The standard InChI is InChI=1S/C14H26BrN3O/c1-7-14(8-2,17(5)6)13(19)12-11(15)9-16-18(12)10(3)4/h9-10,13,19H,7-8H2,1-6H3. The molecule has 4 nitrogen and oxygen atoms in total. The van der Waals surface area contributed by atoms with Gasteiger partial charge in [0, 0.05) is 6.04 Å². The maximum Gasteiger partial charge on any atom is 0.115 e. The van der Waals surface area contributed by atoms with Crippen LogP contribution in [0.1, 0.15) is 58.4 Å². The van der Waals surface area contributed by atoms with E-state index in [1.807, 2.05) is 18.8 Å². The molecule has 0 spiro atoms. The van der Waals surface area contributed by atoms with Crippen molar-refractivity contribution in [2.45, 2.75) is 58.2 Å². The van der Waals surface area contributed by atoms with Crippen LogP contribution in [-0.2, 0) is 0 Å². The lowest BCUT2D eigenvalue weighted by Gasteiger charge is -2.43. The third-order valence-electron chi connectivity index (χ3n) is 4.16. The van der Waals surface area contributed by atoms with E-state index in [1.54, 1.807) is 6.20 Å². The fraction of sp³-hybridized carbons (Fsp3) is 0.786. The van der Waals surface area contributed by atoms with Gasteiger partial charge in [-0.25, -0.2) is 0 Å². The number of hydrogen-bond acceptors (Lipinski definition) is 3. The van der Waals surface area contributed by atoms with Gasteiger partial charge in [-0.05, 0) is 56.7 Å². The molecule has 0 bridgehead atoms. The number of aliphatic hydroxyl groups excluding tert-OH is 1. The number of aliphatic hydroxyl groups is 1. The SMILES string of the molecule is CCC(CC)(C(O)c1c(Br)cnn1C(C)C)N(C)C. The maximum atomic E-state index is 11.0. The molecule has 110 valence electrons. The van der Waals surface area contributed by atoms with Crippen molar-refractivity contribution in [2.75, 3.05) is 14.1 Å². The Bertz CT molecular complexity index is 411. The van der Waals surface area contributed by atoms with Crippen molar-refractivity contribution in [2.24, 2.45) is 0 Å². The van der Waals surface area contributed by atoms with Gasteiger partial charge in [-0.1, -0.05) is 13.8 Å². The number of halogens is 1. The zero-order chi connectivity index (χ0) is 14.8. The van der Waals surface area contributed by atoms with Crippen LogP contribution in [0.5, 0.6) is 0 Å². The maximum absolute atomic E-state index is 11.0. The van der Waals surface area contributed by atoms with Gasteiger partial charge in [0.15, 0.2) is 0 Å². The van der Waals surface area contributed by atoms with E-state index >= 15 is 0 Å². The van der Waals surface area contributed by atoms with E-state index in [9.17, 15) is 5.11 Å². The predicted octanol–water partition coefficient (Wildman–Crippen LogP) is 3.38. The number of rotatable bonds is 6. The Kier molecular flexibility index (Phi) is 5.59. The topological polar surface area (TPSA) is 41.3 Å². The molecule has 1 heterocycles. The minimum Gasteiger partial charge on any atom is -0.385 e. The highest BCUT2D eigenvalue weighted by Gasteiger charge is 2.40. The molecule has 1 atom stereocenters. The summed E-state index contributed by atoms with van der Waals surface area (Å²) in [5, 5.41) is 15.3. The Morgan fingerprint density at radius 3 is 2.26 bits per heavy atom. The quantitative estimate of drug-likeness (QED) is 0.868. The van der Waals surface area contributed by atoms with E-state index in [0.717, 1.165) is 23.0 Å². The molecule has 0 saturated heterocycles. The second-order valence-corrected chi connectivity index (χ2v) is 6.38. The molecule has 0 aliphatic rings. The molecule has 1 unspecified atom stereocenters. The lowest BCUT2D eigenvalue weighted by Crippen LogP contribution is -2.49. The lowest BCUT2D eigenvalue weighted by molar-refractivity contribution is -0.0208. The molecule has 19 heavy (non-hydrogen) atoms. The van der Waals surface area contributed by atoms with E-state index < -0.39 is 6.10 Å². The number of likely N-dealkylation sites (N-methyl/N-ethyl adjacent to an activating group) is 1. The summed E-state index contributed by atoms with van der Waals surface area (Å²) >= 11 is 3.52. The van der Waals surface area contributed by atoms with Crippen LogP contribution in [0.4, 0.5) is 0 Å². The Morgan fingerprint density at radius 2 is 1.89 bits per heavy atom. The first-order chi connectivity index (χ1) is 8.81. The minimum absolute atomic E-state index is 0.226. The van der Waals surface area contributed by atoms with Crippen molar-refractivity contribution >= 4 is 15.9 Å². The van der Waals surface area contributed by atoms with Crippen LogP contribution in [-0.4, -0.2) is 39.4 Å². The average molecular weight is 332 g/mol. The summed E-state index contributed by atoms with van der Waals surface area (Å²) in [7, 11) is 4.06. The van der Waals surface area contributed by atoms with E-state index in [1.165, 1.54) is 0 Å². The predicted molar refractivity (Wildman–Crippen MR) is 82.3 cm³/mol. The molecule has 1 aromatic rings. The fourth-order valence-electron chi connectivity index (χ4n) is 2.79. The van der Waals surface area contributed by atoms with Crippen LogP contribution in [0.2, 0.25) is 0 Å². The number of aromatic nitrogens is 2. The molecule has 0 amide bonds. The molecule has 0 radical (unpaired) electrons. The van der Waals surface area contributed by atoms with Crippen LogP contribution in [0.3, 0.4) is 0 Å².